The van der Waals surface area contributed by atoms with Crippen LogP contribution in [0.5, 0.6) is 0 Å². The molecule has 3 rings (SSSR count). The van der Waals surface area contributed by atoms with Gasteiger partial charge in [-0.3, -0.25) is 9.59 Å². The lowest BCUT2D eigenvalue weighted by molar-refractivity contribution is -0.154. The molecule has 1 heterocycles. The third kappa shape index (κ3) is 5.98. The summed E-state index contributed by atoms with van der Waals surface area (Å²) in [5.74, 6) is -2.11. The third-order valence-electron chi connectivity index (χ3n) is 6.64. The average Bonchev–Trinajstić information content (AvgIpc) is 2.80. The first-order valence-electron chi connectivity index (χ1n) is 11.4. The van der Waals surface area contributed by atoms with Gasteiger partial charge in [-0.1, -0.05) is 47.5 Å². The highest BCUT2D eigenvalue weighted by molar-refractivity contribution is 6.30. The van der Waals surface area contributed by atoms with Gasteiger partial charge < -0.3 is 20.0 Å². The molecular formula is C26H29Cl2NO5. The second kappa shape index (κ2) is 11.8. The molecule has 0 unspecified atom stereocenters. The van der Waals surface area contributed by atoms with Crippen LogP contribution in [0.4, 0.5) is 0 Å². The van der Waals surface area contributed by atoms with Crippen molar-refractivity contribution >= 4 is 41.4 Å². The fourth-order valence-corrected chi connectivity index (χ4v) is 5.31. The third-order valence-corrected chi connectivity index (χ3v) is 7.12. The van der Waals surface area contributed by atoms with E-state index >= 15 is 0 Å². The molecule has 1 fully saturated rings. The van der Waals surface area contributed by atoms with Crippen LogP contribution < -0.4 is 5.32 Å². The molecule has 6 nitrogen and oxygen atoms in total. The fourth-order valence-electron chi connectivity index (χ4n) is 4.99. The number of amides is 1. The Balaban J connectivity index is 2.11. The van der Waals surface area contributed by atoms with E-state index in [0.29, 0.717) is 23.1 Å². The van der Waals surface area contributed by atoms with Gasteiger partial charge in [-0.2, -0.15) is 0 Å². The first kappa shape index (κ1) is 26.2. The molecule has 34 heavy (non-hydrogen) atoms. The number of hydrogen-bond donors (Lipinski definition) is 2. The molecule has 1 saturated heterocycles. The van der Waals surface area contributed by atoms with E-state index in [0.717, 1.165) is 17.4 Å². The summed E-state index contributed by atoms with van der Waals surface area (Å²) in [5.41, 5.74) is 0.508. The van der Waals surface area contributed by atoms with Crippen molar-refractivity contribution in [1.82, 2.24) is 5.32 Å². The highest BCUT2D eigenvalue weighted by Crippen LogP contribution is 2.51. The van der Waals surface area contributed by atoms with Crippen molar-refractivity contribution in [3.63, 3.8) is 0 Å². The van der Waals surface area contributed by atoms with Crippen molar-refractivity contribution in [2.24, 2.45) is 11.3 Å². The smallest absolute Gasteiger partial charge is 0.304 e. The number of carbonyl (C=O) groups is 3. The van der Waals surface area contributed by atoms with Crippen LogP contribution in [-0.4, -0.2) is 36.5 Å². The van der Waals surface area contributed by atoms with Crippen LogP contribution >= 0.6 is 23.2 Å². The number of benzene rings is 2. The van der Waals surface area contributed by atoms with Crippen LogP contribution in [0.2, 0.25) is 10.0 Å². The summed E-state index contributed by atoms with van der Waals surface area (Å²) in [6.07, 6.45) is 1.28. The number of aliphatic carboxylic acids is 1. The van der Waals surface area contributed by atoms with Gasteiger partial charge in [0.15, 0.2) is 0 Å². The van der Waals surface area contributed by atoms with E-state index in [1.54, 1.807) is 18.2 Å². The van der Waals surface area contributed by atoms with Crippen LogP contribution in [0.25, 0.3) is 0 Å². The molecule has 0 saturated carbocycles. The number of piperidine rings is 1. The topological polar surface area (TPSA) is 92.7 Å². The van der Waals surface area contributed by atoms with Gasteiger partial charge in [-0.05, 0) is 61.1 Å². The van der Waals surface area contributed by atoms with Gasteiger partial charge in [0.25, 0.3) is 0 Å². The van der Waals surface area contributed by atoms with Gasteiger partial charge in [0.2, 0.25) is 5.91 Å². The second-order valence-corrected chi connectivity index (χ2v) is 9.57. The highest BCUT2D eigenvalue weighted by atomic mass is 35.5. The maximum Gasteiger partial charge on any atom is 0.304 e. The summed E-state index contributed by atoms with van der Waals surface area (Å²) >= 11 is 12.4. The number of hydrogen-bond acceptors (Lipinski definition) is 4. The Bertz CT molecular complexity index is 1010. The lowest BCUT2D eigenvalue weighted by atomic mass is 9.61. The van der Waals surface area contributed by atoms with Gasteiger partial charge in [-0.25, -0.2) is 0 Å². The fraction of sp³-hybridized carbons (Fsp3) is 0.423. The predicted molar refractivity (Wildman–Crippen MR) is 131 cm³/mol. The van der Waals surface area contributed by atoms with Crippen LogP contribution in [0.1, 0.15) is 55.7 Å². The number of halogens is 2. The maximum absolute atomic E-state index is 13.7. The monoisotopic (exact) mass is 505 g/mol. The van der Waals surface area contributed by atoms with Crippen LogP contribution in [-0.2, 0) is 19.1 Å². The molecule has 0 bridgehead atoms. The number of carboxylic acids is 1. The number of aldehydes is 1. The standard InChI is InChI=1S/C26H29Cl2NO5/c1-2-34-16-19(6-4-12-30)26(15-23(31)32)14-22(18-5-3-7-21(28)13-18)24(29-25(26)33)17-8-10-20(27)11-9-17/h3,5,7-13,19,22,24H,2,4,6,14-16H2,1H3,(H,29,33)(H,31,32)/t19-,22-,24-,26-/m1/s1. The summed E-state index contributed by atoms with van der Waals surface area (Å²) < 4.78 is 5.66. The normalized spacial score (nSPS) is 23.2. The van der Waals surface area contributed by atoms with Gasteiger partial charge in [0, 0.05) is 29.0 Å². The largest absolute Gasteiger partial charge is 0.481 e. The van der Waals surface area contributed by atoms with Gasteiger partial charge in [-0.15, -0.1) is 0 Å². The Morgan fingerprint density at radius 2 is 1.94 bits per heavy atom. The molecule has 0 aliphatic carbocycles. The number of rotatable bonds is 11. The Morgan fingerprint density at radius 3 is 2.56 bits per heavy atom. The molecule has 0 radical (unpaired) electrons. The van der Waals surface area contributed by atoms with E-state index in [2.05, 4.69) is 5.32 Å². The SMILES string of the molecule is CCOC[C@@H](CCC=O)[C@]1(CC(=O)O)C[C@H](c2cccc(Cl)c2)[C@@H](c2ccc(Cl)cc2)NC1=O. The van der Waals surface area contributed by atoms with Crippen molar-refractivity contribution in [3.05, 3.63) is 69.7 Å². The number of carbonyl (C=O) groups excluding carboxylic acids is 2. The maximum atomic E-state index is 13.7. The van der Waals surface area contributed by atoms with E-state index in [9.17, 15) is 19.5 Å². The summed E-state index contributed by atoms with van der Waals surface area (Å²) in [6.45, 7) is 2.46. The molecule has 8 heteroatoms. The van der Waals surface area contributed by atoms with Crippen molar-refractivity contribution in [2.75, 3.05) is 13.2 Å². The quantitative estimate of drug-likeness (QED) is 0.397. The number of carboxylic acid groups (broad SMARTS) is 1. The molecule has 1 aliphatic heterocycles. The van der Waals surface area contributed by atoms with Crippen LogP contribution in [0.3, 0.4) is 0 Å². The summed E-state index contributed by atoms with van der Waals surface area (Å²) in [5, 5.41) is 14.1. The molecular weight excluding hydrogens is 477 g/mol. The molecule has 1 amide bonds. The molecule has 182 valence electrons. The first-order valence-corrected chi connectivity index (χ1v) is 12.1. The van der Waals surface area contributed by atoms with Crippen molar-refractivity contribution in [2.45, 2.75) is 44.6 Å². The second-order valence-electron chi connectivity index (χ2n) is 8.70. The minimum Gasteiger partial charge on any atom is -0.481 e. The highest BCUT2D eigenvalue weighted by Gasteiger charge is 2.53. The lowest BCUT2D eigenvalue weighted by Gasteiger charge is -2.47. The molecule has 0 spiro atoms. The lowest BCUT2D eigenvalue weighted by Crippen LogP contribution is -2.55. The summed E-state index contributed by atoms with van der Waals surface area (Å²) in [7, 11) is 0. The molecule has 1 aliphatic rings. The molecule has 2 aromatic rings. The van der Waals surface area contributed by atoms with Crippen LogP contribution in [0.15, 0.2) is 48.5 Å². The summed E-state index contributed by atoms with van der Waals surface area (Å²) in [4.78, 5) is 37.0. The Labute approximate surface area is 209 Å². The number of ether oxygens (including phenoxy) is 1. The van der Waals surface area contributed by atoms with Gasteiger partial charge in [0.05, 0.1) is 24.5 Å². The van der Waals surface area contributed by atoms with Crippen molar-refractivity contribution in [1.29, 1.82) is 0 Å². The van der Waals surface area contributed by atoms with Crippen molar-refractivity contribution < 1.29 is 24.2 Å². The number of nitrogens with one attached hydrogen (secondary N) is 1. The van der Waals surface area contributed by atoms with E-state index in [4.69, 9.17) is 27.9 Å². The minimum atomic E-state index is -1.25. The van der Waals surface area contributed by atoms with E-state index in [-0.39, 0.29) is 37.7 Å². The zero-order valence-electron chi connectivity index (χ0n) is 19.0. The molecule has 4 atom stereocenters. The Kier molecular flexibility index (Phi) is 9.11. The molecule has 2 N–H and O–H groups in total. The minimum absolute atomic E-state index is 0.193. The van der Waals surface area contributed by atoms with Gasteiger partial charge >= 0.3 is 5.97 Å². The Morgan fingerprint density at radius 1 is 1.21 bits per heavy atom. The summed E-state index contributed by atoms with van der Waals surface area (Å²) in [6, 6.07) is 14.2. The Hall–Kier alpha value is -2.41. The van der Waals surface area contributed by atoms with E-state index in [1.807, 2.05) is 37.3 Å². The predicted octanol–water partition coefficient (Wildman–Crippen LogP) is 5.43. The van der Waals surface area contributed by atoms with E-state index < -0.39 is 23.3 Å². The first-order chi connectivity index (χ1) is 16.3. The molecule has 2 aromatic carbocycles. The zero-order valence-corrected chi connectivity index (χ0v) is 20.5. The van der Waals surface area contributed by atoms with Gasteiger partial charge in [0.1, 0.15) is 6.29 Å². The average molecular weight is 506 g/mol. The van der Waals surface area contributed by atoms with Crippen molar-refractivity contribution in [3.8, 4) is 0 Å². The zero-order chi connectivity index (χ0) is 24.7. The molecule has 0 aromatic heterocycles. The van der Waals surface area contributed by atoms with Crippen LogP contribution in [0, 0.1) is 11.3 Å². The van der Waals surface area contributed by atoms with E-state index in [1.165, 1.54) is 0 Å².